The highest BCUT2D eigenvalue weighted by Crippen LogP contribution is 2.24. The average Bonchev–Trinajstić information content (AvgIpc) is 2.81. The van der Waals surface area contributed by atoms with Crippen LogP contribution in [0.25, 0.3) is 12.2 Å². The van der Waals surface area contributed by atoms with Crippen LogP contribution in [0.5, 0.6) is 0 Å². The first kappa shape index (κ1) is 24.5. The molecule has 2 aromatic rings. The van der Waals surface area contributed by atoms with Crippen LogP contribution in [0.2, 0.25) is 0 Å². The molecular weight excluding hydrogens is 442 g/mol. The van der Waals surface area contributed by atoms with Crippen molar-refractivity contribution in [2.75, 3.05) is 26.2 Å². The number of ether oxygens (including phenoxy) is 1. The number of esters is 1. The summed E-state index contributed by atoms with van der Waals surface area (Å²) in [6.07, 6.45) is 3.32. The third-order valence-electron chi connectivity index (χ3n) is 5.15. The summed E-state index contributed by atoms with van der Waals surface area (Å²) >= 11 is 0. The zero-order valence-electron chi connectivity index (χ0n) is 18.5. The number of nitrogens with zero attached hydrogens (tertiary/aromatic N) is 3. The van der Waals surface area contributed by atoms with Gasteiger partial charge in [-0.1, -0.05) is 24.3 Å². The molecule has 1 aliphatic rings. The number of hydrogen-bond donors (Lipinski definition) is 0. The van der Waals surface area contributed by atoms with Gasteiger partial charge in [0.15, 0.2) is 5.78 Å². The minimum Gasteiger partial charge on any atom is -0.466 e. The molecule has 176 valence electrons. The second kappa shape index (κ2) is 11.1. The third kappa shape index (κ3) is 6.42. The molecule has 0 unspecified atom stereocenters. The Balaban J connectivity index is 1.95. The van der Waals surface area contributed by atoms with Crippen molar-refractivity contribution in [1.82, 2.24) is 4.90 Å². The molecule has 0 aromatic heterocycles. The second-order valence-electron chi connectivity index (χ2n) is 7.64. The predicted molar refractivity (Wildman–Crippen MR) is 125 cm³/mol. The highest BCUT2D eigenvalue weighted by molar-refractivity contribution is 6.14. The van der Waals surface area contributed by atoms with E-state index in [0.717, 1.165) is 0 Å². The molecule has 0 aliphatic carbocycles. The topological polar surface area (TPSA) is 133 Å². The van der Waals surface area contributed by atoms with Gasteiger partial charge in [0, 0.05) is 55.0 Å². The van der Waals surface area contributed by atoms with Crippen molar-refractivity contribution in [2.24, 2.45) is 0 Å². The Bertz CT molecular complexity index is 1110. The monoisotopic (exact) mass is 465 g/mol. The molecule has 0 N–H and O–H groups in total. The quantitative estimate of drug-likeness (QED) is 0.249. The van der Waals surface area contributed by atoms with Gasteiger partial charge in [0.1, 0.15) is 0 Å². The van der Waals surface area contributed by atoms with E-state index < -0.39 is 9.85 Å². The first-order chi connectivity index (χ1) is 16.3. The lowest BCUT2D eigenvalue weighted by atomic mass is 9.94. The van der Waals surface area contributed by atoms with Crippen LogP contribution in [0.4, 0.5) is 11.4 Å². The van der Waals surface area contributed by atoms with Gasteiger partial charge >= 0.3 is 5.97 Å². The summed E-state index contributed by atoms with van der Waals surface area (Å²) in [5.74, 6) is -0.613. The van der Waals surface area contributed by atoms with E-state index in [1.165, 1.54) is 36.4 Å². The van der Waals surface area contributed by atoms with Gasteiger partial charge in [0.2, 0.25) is 0 Å². The van der Waals surface area contributed by atoms with Gasteiger partial charge in [-0.05, 0) is 30.2 Å². The van der Waals surface area contributed by atoms with E-state index in [9.17, 15) is 29.8 Å². The van der Waals surface area contributed by atoms with Gasteiger partial charge in [0.05, 0.1) is 22.9 Å². The number of carbonyl (C=O) groups is 2. The Morgan fingerprint density at radius 3 is 1.91 bits per heavy atom. The zero-order chi connectivity index (χ0) is 24.7. The molecule has 2 aromatic carbocycles. The lowest BCUT2D eigenvalue weighted by molar-refractivity contribution is -0.385. The fourth-order valence-corrected chi connectivity index (χ4v) is 3.61. The molecule has 0 saturated carbocycles. The summed E-state index contributed by atoms with van der Waals surface area (Å²) < 4.78 is 4.98. The van der Waals surface area contributed by atoms with Crippen molar-refractivity contribution < 1.29 is 24.2 Å². The van der Waals surface area contributed by atoms with E-state index in [2.05, 4.69) is 0 Å². The van der Waals surface area contributed by atoms with Crippen molar-refractivity contribution in [2.45, 2.75) is 13.3 Å². The molecule has 1 heterocycles. The second-order valence-corrected chi connectivity index (χ2v) is 7.64. The number of nitro groups is 2. The summed E-state index contributed by atoms with van der Waals surface area (Å²) in [6, 6.07) is 11.9. The fourth-order valence-electron chi connectivity index (χ4n) is 3.61. The summed E-state index contributed by atoms with van der Waals surface area (Å²) in [6.45, 7) is 2.82. The average molecular weight is 465 g/mol. The smallest absolute Gasteiger partial charge is 0.307 e. The molecule has 1 fully saturated rings. The van der Waals surface area contributed by atoms with E-state index >= 15 is 0 Å². The third-order valence-corrected chi connectivity index (χ3v) is 5.15. The first-order valence-electron chi connectivity index (χ1n) is 10.6. The lowest BCUT2D eigenvalue weighted by Gasteiger charge is -2.29. The number of benzene rings is 2. The van der Waals surface area contributed by atoms with Crippen LogP contribution >= 0.6 is 0 Å². The Morgan fingerprint density at radius 1 is 0.971 bits per heavy atom. The minimum absolute atomic E-state index is 0.0934. The number of rotatable bonds is 8. The number of ketones is 1. The van der Waals surface area contributed by atoms with Gasteiger partial charge < -0.3 is 4.74 Å². The Labute approximate surface area is 195 Å². The van der Waals surface area contributed by atoms with E-state index in [-0.39, 0.29) is 49.2 Å². The van der Waals surface area contributed by atoms with E-state index in [1.807, 2.05) is 4.90 Å². The number of hydrogen-bond acceptors (Lipinski definition) is 8. The number of Topliss-reactive ketones (excluding diaryl/α,β-unsaturated/α-hetero) is 1. The maximum atomic E-state index is 13.2. The predicted octanol–water partition coefficient (Wildman–Crippen LogP) is 3.81. The van der Waals surface area contributed by atoms with Gasteiger partial charge in [-0.2, -0.15) is 0 Å². The van der Waals surface area contributed by atoms with Crippen molar-refractivity contribution in [3.63, 3.8) is 0 Å². The number of non-ortho nitro benzene ring substituents is 2. The zero-order valence-corrected chi connectivity index (χ0v) is 18.5. The molecule has 0 atom stereocenters. The normalized spacial score (nSPS) is 16.6. The van der Waals surface area contributed by atoms with Crippen LogP contribution < -0.4 is 0 Å². The van der Waals surface area contributed by atoms with Gasteiger partial charge in [-0.25, -0.2) is 0 Å². The number of likely N-dealkylation sites (tertiary alicyclic amines) is 1. The van der Waals surface area contributed by atoms with Crippen LogP contribution in [0.1, 0.15) is 24.5 Å². The van der Waals surface area contributed by atoms with Crippen LogP contribution in [-0.4, -0.2) is 52.7 Å². The van der Waals surface area contributed by atoms with Gasteiger partial charge in [0.25, 0.3) is 11.4 Å². The van der Waals surface area contributed by atoms with Gasteiger partial charge in [-0.15, -0.1) is 0 Å². The molecular formula is C24H23N3O7. The molecule has 0 amide bonds. The number of nitro benzene ring substituents is 2. The maximum absolute atomic E-state index is 13.2. The van der Waals surface area contributed by atoms with Crippen LogP contribution in [0.15, 0.2) is 59.7 Å². The van der Waals surface area contributed by atoms with Crippen molar-refractivity contribution in [3.05, 3.63) is 91.0 Å². The summed E-state index contributed by atoms with van der Waals surface area (Å²) in [5.41, 5.74) is 1.60. The molecule has 10 heteroatoms. The van der Waals surface area contributed by atoms with E-state index in [1.54, 1.807) is 31.2 Å². The molecule has 0 bridgehead atoms. The molecule has 10 nitrogen and oxygen atoms in total. The molecule has 1 saturated heterocycles. The Morgan fingerprint density at radius 2 is 1.47 bits per heavy atom. The van der Waals surface area contributed by atoms with E-state index in [0.29, 0.717) is 28.8 Å². The largest absolute Gasteiger partial charge is 0.466 e. The van der Waals surface area contributed by atoms with Gasteiger partial charge in [-0.3, -0.25) is 34.7 Å². The minimum atomic E-state index is -0.510. The molecule has 3 rings (SSSR count). The highest BCUT2D eigenvalue weighted by Gasteiger charge is 2.27. The summed E-state index contributed by atoms with van der Waals surface area (Å²) in [7, 11) is 0. The first-order valence-corrected chi connectivity index (χ1v) is 10.6. The Kier molecular flexibility index (Phi) is 7.99. The van der Waals surface area contributed by atoms with Crippen LogP contribution in [0, 0.1) is 20.2 Å². The Hall–Kier alpha value is -4.18. The highest BCUT2D eigenvalue weighted by atomic mass is 16.6. The molecule has 0 spiro atoms. The summed E-state index contributed by atoms with van der Waals surface area (Å²) in [5, 5.41) is 22.2. The number of carbonyl (C=O) groups excluding carboxylic acids is 2. The summed E-state index contributed by atoms with van der Waals surface area (Å²) in [4.78, 5) is 48.1. The molecule has 34 heavy (non-hydrogen) atoms. The van der Waals surface area contributed by atoms with Crippen molar-refractivity contribution in [1.29, 1.82) is 0 Å². The lowest BCUT2D eigenvalue weighted by Crippen LogP contribution is -2.39. The standard InChI is InChI=1S/C24H23N3O7/c1-2-34-23(28)9-10-25-15-19(11-17-5-3-7-21(13-17)26(30)31)24(29)20(16-25)12-18-6-4-8-22(14-18)27(32)33/h3-8,11-14H,2,9-10,15-16H2,1H3/b19-11+,20-12+. The molecule has 0 radical (unpaired) electrons. The number of piperidine rings is 1. The van der Waals surface area contributed by atoms with Crippen LogP contribution in [0.3, 0.4) is 0 Å². The maximum Gasteiger partial charge on any atom is 0.307 e. The SMILES string of the molecule is CCOC(=O)CCN1C/C(=C\c2cccc([N+](=O)[O-])c2)C(=O)/C(=C/c2cccc([N+](=O)[O-])c2)C1. The fraction of sp³-hybridized carbons (Fsp3) is 0.250. The van der Waals surface area contributed by atoms with Crippen LogP contribution in [-0.2, 0) is 14.3 Å². The van der Waals surface area contributed by atoms with Crippen molar-refractivity contribution >= 4 is 35.3 Å². The molecule has 1 aliphatic heterocycles. The van der Waals surface area contributed by atoms with E-state index in [4.69, 9.17) is 4.74 Å². The van der Waals surface area contributed by atoms with Crippen molar-refractivity contribution in [3.8, 4) is 0 Å².